The van der Waals surface area contributed by atoms with Crippen molar-refractivity contribution in [1.29, 1.82) is 0 Å². The van der Waals surface area contributed by atoms with Crippen LogP contribution in [0, 0.1) is 6.92 Å². The normalized spacial score (nSPS) is 16.9. The molecule has 0 N–H and O–H groups in total. The zero-order chi connectivity index (χ0) is 18.1. The number of carbonyl (C=O) groups excluding carboxylic acids is 1. The smallest absolute Gasteiger partial charge is 0.232 e. The van der Waals surface area contributed by atoms with Crippen LogP contribution in [-0.4, -0.2) is 29.7 Å². The maximum absolute atomic E-state index is 12.6. The van der Waals surface area contributed by atoms with Gasteiger partial charge in [0.1, 0.15) is 5.75 Å². The molecule has 2 aromatic carbocycles. The van der Waals surface area contributed by atoms with Crippen LogP contribution in [0.5, 0.6) is 5.75 Å². The van der Waals surface area contributed by atoms with Gasteiger partial charge in [0.25, 0.3) is 0 Å². The second-order valence-electron chi connectivity index (χ2n) is 6.40. The highest BCUT2D eigenvalue weighted by Gasteiger charge is 2.36. The number of hydrogen-bond acceptors (Lipinski definition) is 5. The van der Waals surface area contributed by atoms with Crippen molar-refractivity contribution in [3.8, 4) is 17.1 Å². The largest absolute Gasteiger partial charge is 0.495 e. The molecule has 0 saturated carbocycles. The number of carbonyl (C=O) groups is 1. The zero-order valence-electron chi connectivity index (χ0n) is 14.7. The molecule has 1 fully saturated rings. The van der Waals surface area contributed by atoms with Crippen molar-refractivity contribution in [3.05, 3.63) is 60.0 Å². The van der Waals surface area contributed by atoms with Gasteiger partial charge in [-0.3, -0.25) is 4.79 Å². The number of benzene rings is 2. The lowest BCUT2D eigenvalue weighted by atomic mass is 10.1. The Labute approximate surface area is 151 Å². The maximum atomic E-state index is 12.6. The number of amides is 1. The molecule has 1 aliphatic rings. The van der Waals surface area contributed by atoms with Crippen molar-refractivity contribution in [2.24, 2.45) is 0 Å². The van der Waals surface area contributed by atoms with Crippen molar-refractivity contribution >= 4 is 11.6 Å². The molecule has 1 aromatic heterocycles. The van der Waals surface area contributed by atoms with E-state index in [1.165, 1.54) is 0 Å². The summed E-state index contributed by atoms with van der Waals surface area (Å²) in [5.74, 6) is 1.61. The van der Waals surface area contributed by atoms with Gasteiger partial charge in [0.15, 0.2) is 0 Å². The monoisotopic (exact) mass is 349 g/mol. The molecule has 2 heterocycles. The minimum Gasteiger partial charge on any atom is -0.495 e. The molecule has 132 valence electrons. The SMILES string of the molecule is COc1ccc(C)cc1N1CC(c2nc(-c3ccccc3)no2)CC1=O. The van der Waals surface area contributed by atoms with E-state index in [4.69, 9.17) is 9.26 Å². The number of aryl methyl sites for hydroxylation is 1. The Morgan fingerprint density at radius 1 is 1.19 bits per heavy atom. The number of methoxy groups -OCH3 is 1. The van der Waals surface area contributed by atoms with Crippen LogP contribution in [0.4, 0.5) is 5.69 Å². The van der Waals surface area contributed by atoms with Gasteiger partial charge in [-0.1, -0.05) is 41.6 Å². The van der Waals surface area contributed by atoms with Crippen LogP contribution in [0.1, 0.15) is 23.8 Å². The molecule has 0 radical (unpaired) electrons. The Bertz CT molecular complexity index is 936. The standard InChI is InChI=1S/C20H19N3O3/c1-13-8-9-17(25-2)16(10-13)23-12-15(11-18(23)24)20-21-19(22-26-20)14-6-4-3-5-7-14/h3-10,15H,11-12H2,1-2H3. The predicted octanol–water partition coefficient (Wildman–Crippen LogP) is 3.57. The Morgan fingerprint density at radius 3 is 2.77 bits per heavy atom. The Hall–Kier alpha value is -3.15. The summed E-state index contributed by atoms with van der Waals surface area (Å²) in [4.78, 5) is 18.8. The Morgan fingerprint density at radius 2 is 2.00 bits per heavy atom. The number of aromatic nitrogens is 2. The summed E-state index contributed by atoms with van der Waals surface area (Å²) in [6, 6.07) is 15.5. The number of nitrogens with zero attached hydrogens (tertiary/aromatic N) is 3. The minimum atomic E-state index is -0.127. The molecule has 1 unspecified atom stereocenters. The molecule has 1 atom stereocenters. The fourth-order valence-electron chi connectivity index (χ4n) is 3.22. The van der Waals surface area contributed by atoms with Gasteiger partial charge in [-0.25, -0.2) is 0 Å². The van der Waals surface area contributed by atoms with E-state index in [-0.39, 0.29) is 11.8 Å². The topological polar surface area (TPSA) is 68.5 Å². The van der Waals surface area contributed by atoms with Crippen LogP contribution in [0.25, 0.3) is 11.4 Å². The molecular formula is C20H19N3O3. The van der Waals surface area contributed by atoms with Gasteiger partial charge in [0, 0.05) is 18.5 Å². The molecule has 3 aromatic rings. The van der Waals surface area contributed by atoms with E-state index in [2.05, 4.69) is 10.1 Å². The van der Waals surface area contributed by atoms with Crippen molar-refractivity contribution in [3.63, 3.8) is 0 Å². The quantitative estimate of drug-likeness (QED) is 0.720. The van der Waals surface area contributed by atoms with E-state index >= 15 is 0 Å². The van der Waals surface area contributed by atoms with Gasteiger partial charge in [-0.2, -0.15) is 4.98 Å². The average Bonchev–Trinajstić information content (AvgIpc) is 3.29. The van der Waals surface area contributed by atoms with Crippen LogP contribution in [-0.2, 0) is 4.79 Å². The fraction of sp³-hybridized carbons (Fsp3) is 0.250. The maximum Gasteiger partial charge on any atom is 0.232 e. The molecule has 1 amide bonds. The second kappa shape index (κ2) is 6.63. The highest BCUT2D eigenvalue weighted by molar-refractivity contribution is 5.97. The summed E-state index contributed by atoms with van der Waals surface area (Å²) >= 11 is 0. The van der Waals surface area contributed by atoms with E-state index in [0.717, 1.165) is 16.8 Å². The van der Waals surface area contributed by atoms with Crippen molar-refractivity contribution in [1.82, 2.24) is 10.1 Å². The van der Waals surface area contributed by atoms with E-state index in [1.807, 2.05) is 55.5 Å². The average molecular weight is 349 g/mol. The van der Waals surface area contributed by atoms with Gasteiger partial charge in [0.2, 0.25) is 17.6 Å². The van der Waals surface area contributed by atoms with E-state index in [0.29, 0.717) is 30.4 Å². The molecular weight excluding hydrogens is 330 g/mol. The third-order valence-corrected chi connectivity index (χ3v) is 4.57. The van der Waals surface area contributed by atoms with E-state index in [9.17, 15) is 4.79 Å². The van der Waals surface area contributed by atoms with Crippen molar-refractivity contribution in [2.45, 2.75) is 19.3 Å². The number of hydrogen-bond donors (Lipinski definition) is 0. The number of rotatable bonds is 4. The molecule has 26 heavy (non-hydrogen) atoms. The summed E-state index contributed by atoms with van der Waals surface area (Å²) in [6.45, 7) is 2.49. The third-order valence-electron chi connectivity index (χ3n) is 4.57. The highest BCUT2D eigenvalue weighted by Crippen LogP contribution is 2.37. The molecule has 0 bridgehead atoms. The van der Waals surface area contributed by atoms with E-state index < -0.39 is 0 Å². The van der Waals surface area contributed by atoms with Crippen LogP contribution in [0.15, 0.2) is 53.1 Å². The first-order valence-corrected chi connectivity index (χ1v) is 8.49. The van der Waals surface area contributed by atoms with Crippen molar-refractivity contribution in [2.75, 3.05) is 18.6 Å². The molecule has 1 aliphatic heterocycles. The second-order valence-corrected chi connectivity index (χ2v) is 6.40. The first kappa shape index (κ1) is 16.3. The third kappa shape index (κ3) is 2.94. The summed E-state index contributed by atoms with van der Waals surface area (Å²) in [6.07, 6.45) is 0.341. The van der Waals surface area contributed by atoms with Gasteiger partial charge >= 0.3 is 0 Å². The lowest BCUT2D eigenvalue weighted by molar-refractivity contribution is -0.117. The van der Waals surface area contributed by atoms with Crippen molar-refractivity contribution < 1.29 is 14.1 Å². The Kier molecular flexibility index (Phi) is 4.16. The van der Waals surface area contributed by atoms with Crippen LogP contribution in [0.2, 0.25) is 0 Å². The number of anilines is 1. The summed E-state index contributed by atoms with van der Waals surface area (Å²) in [5.41, 5.74) is 2.74. The first-order chi connectivity index (χ1) is 12.7. The summed E-state index contributed by atoms with van der Waals surface area (Å²) in [5, 5.41) is 4.06. The van der Waals surface area contributed by atoms with Crippen LogP contribution >= 0.6 is 0 Å². The molecule has 0 spiro atoms. The van der Waals surface area contributed by atoms with Crippen LogP contribution in [0.3, 0.4) is 0 Å². The van der Waals surface area contributed by atoms with E-state index in [1.54, 1.807) is 12.0 Å². The first-order valence-electron chi connectivity index (χ1n) is 8.49. The zero-order valence-corrected chi connectivity index (χ0v) is 14.7. The molecule has 6 nitrogen and oxygen atoms in total. The van der Waals surface area contributed by atoms with Crippen LogP contribution < -0.4 is 9.64 Å². The summed E-state index contributed by atoms with van der Waals surface area (Å²) in [7, 11) is 1.61. The minimum absolute atomic E-state index is 0.0263. The number of ether oxygens (including phenoxy) is 1. The van der Waals surface area contributed by atoms with Gasteiger partial charge in [0.05, 0.1) is 18.7 Å². The van der Waals surface area contributed by atoms with Gasteiger partial charge in [-0.05, 0) is 24.6 Å². The highest BCUT2D eigenvalue weighted by atomic mass is 16.5. The van der Waals surface area contributed by atoms with Gasteiger partial charge in [-0.15, -0.1) is 0 Å². The molecule has 6 heteroatoms. The molecule has 0 aliphatic carbocycles. The predicted molar refractivity (Wildman–Crippen MR) is 97.2 cm³/mol. The molecule has 4 rings (SSSR count). The fourth-order valence-corrected chi connectivity index (χ4v) is 3.22. The van der Waals surface area contributed by atoms with Gasteiger partial charge < -0.3 is 14.2 Å². The Balaban J connectivity index is 1.59. The lowest BCUT2D eigenvalue weighted by Crippen LogP contribution is -2.25. The summed E-state index contributed by atoms with van der Waals surface area (Å²) < 4.78 is 10.9. The molecule has 1 saturated heterocycles. The lowest BCUT2D eigenvalue weighted by Gasteiger charge is -2.19.